The van der Waals surface area contributed by atoms with Gasteiger partial charge in [0, 0.05) is 12.8 Å². The Hall–Kier alpha value is -1.40. The normalized spacial score (nSPS) is 12.5. The van der Waals surface area contributed by atoms with Crippen molar-refractivity contribution >= 4 is 11.9 Å². The molecule has 0 fully saturated rings. The molecule has 0 aromatic carbocycles. The third-order valence-corrected chi connectivity index (χ3v) is 19.3. The number of ether oxygens (including phenoxy) is 1. The van der Waals surface area contributed by atoms with E-state index in [2.05, 4.69) is 31.3 Å². The van der Waals surface area contributed by atoms with E-state index in [1.54, 1.807) is 0 Å². The number of hydrogen-bond donors (Lipinski definition) is 3. The number of allylic oxidation sites excluding steroid dienone is 2. The molecule has 0 heterocycles. The predicted molar refractivity (Wildman–Crippen MR) is 384 cm³/mol. The van der Waals surface area contributed by atoms with E-state index >= 15 is 0 Å². The quantitative estimate of drug-likeness (QED) is 0.0320. The van der Waals surface area contributed by atoms with Crippen LogP contribution in [0.5, 0.6) is 0 Å². The summed E-state index contributed by atoms with van der Waals surface area (Å²) in [7, 11) is 0. The predicted octanol–water partition coefficient (Wildman–Crippen LogP) is 26.7. The first-order chi connectivity index (χ1) is 43.0. The van der Waals surface area contributed by atoms with Gasteiger partial charge >= 0.3 is 5.97 Å². The highest BCUT2D eigenvalue weighted by molar-refractivity contribution is 5.76. The first-order valence-electron chi connectivity index (χ1n) is 40.4. The zero-order valence-corrected chi connectivity index (χ0v) is 59.5. The third kappa shape index (κ3) is 73.5. The van der Waals surface area contributed by atoms with Gasteiger partial charge in [-0.1, -0.05) is 418 Å². The lowest BCUT2D eigenvalue weighted by Crippen LogP contribution is -2.45. The van der Waals surface area contributed by atoms with Crippen molar-refractivity contribution in [3.05, 3.63) is 12.2 Å². The van der Waals surface area contributed by atoms with Crippen LogP contribution >= 0.6 is 0 Å². The molecule has 518 valence electrons. The molecule has 0 radical (unpaired) electrons. The monoisotopic (exact) mass is 1230 g/mol. The number of unbranched alkanes of at least 4 members (excludes halogenated alkanes) is 64. The minimum Gasteiger partial charge on any atom is -0.466 e. The van der Waals surface area contributed by atoms with E-state index in [9.17, 15) is 19.8 Å². The van der Waals surface area contributed by atoms with Crippen molar-refractivity contribution in [3.8, 4) is 0 Å². The van der Waals surface area contributed by atoms with Crippen molar-refractivity contribution in [2.45, 2.75) is 482 Å². The number of carbonyl (C=O) groups is 2. The van der Waals surface area contributed by atoms with Gasteiger partial charge in [-0.25, -0.2) is 0 Å². The second-order valence-corrected chi connectivity index (χ2v) is 28.1. The van der Waals surface area contributed by atoms with Crippen LogP contribution in [-0.2, 0) is 14.3 Å². The average Bonchev–Trinajstić information content (AvgIpc) is 3.53. The lowest BCUT2D eigenvalue weighted by atomic mass is 10.0. The van der Waals surface area contributed by atoms with E-state index < -0.39 is 12.1 Å². The Kier molecular flexibility index (Phi) is 75.8. The van der Waals surface area contributed by atoms with Crippen LogP contribution in [0.15, 0.2) is 12.2 Å². The molecule has 0 spiro atoms. The Morgan fingerprint density at radius 3 is 0.816 bits per heavy atom. The fraction of sp³-hybridized carbons (Fsp3) is 0.951. The number of esters is 1. The fourth-order valence-electron chi connectivity index (χ4n) is 13.2. The van der Waals surface area contributed by atoms with Crippen molar-refractivity contribution < 1.29 is 24.5 Å². The summed E-state index contributed by atoms with van der Waals surface area (Å²) in [5.74, 6) is -0.00148. The molecule has 0 aromatic rings. The standard InChI is InChI=1S/C81H159NO5/c1-3-5-7-9-11-13-15-17-19-20-40-44-47-51-55-59-63-67-71-75-81(86)87-76-72-68-64-60-56-52-48-45-42-39-37-35-33-31-29-27-25-23-21-22-24-26-28-30-32-34-36-38-41-43-46-50-54-58-62-66-70-74-80(85)82-78(77-83)79(84)73-69-65-61-57-53-49-18-16-14-12-10-8-6-4-2/h17,19,78-79,83-84H,3-16,18,20-77H2,1-2H3,(H,82,85)/b19-17-. The van der Waals surface area contributed by atoms with E-state index in [1.165, 1.54) is 398 Å². The SMILES string of the molecule is CCCCCCCC/C=C\CCCCCCCCCCCC(=O)OCCCCCCCCCCCCCCCCCCCCCCCCCCCCCCCCCCCCCCCC(=O)NC(CO)C(O)CCCCCCCCCCCCCCCC. The van der Waals surface area contributed by atoms with E-state index in [0.717, 1.165) is 38.5 Å². The number of aliphatic hydroxyl groups excluding tert-OH is 2. The summed E-state index contributed by atoms with van der Waals surface area (Å²) in [6, 6.07) is -0.536. The molecule has 2 atom stereocenters. The smallest absolute Gasteiger partial charge is 0.305 e. The van der Waals surface area contributed by atoms with Crippen molar-refractivity contribution in [2.24, 2.45) is 0 Å². The molecule has 0 saturated heterocycles. The Morgan fingerprint density at radius 2 is 0.540 bits per heavy atom. The lowest BCUT2D eigenvalue weighted by molar-refractivity contribution is -0.143. The van der Waals surface area contributed by atoms with Crippen LogP contribution in [0.4, 0.5) is 0 Å². The van der Waals surface area contributed by atoms with Crippen LogP contribution in [0.1, 0.15) is 470 Å². The largest absolute Gasteiger partial charge is 0.466 e. The highest BCUT2D eigenvalue weighted by atomic mass is 16.5. The van der Waals surface area contributed by atoms with Gasteiger partial charge in [0.1, 0.15) is 0 Å². The van der Waals surface area contributed by atoms with Gasteiger partial charge in [-0.15, -0.1) is 0 Å². The topological polar surface area (TPSA) is 95.9 Å². The maximum atomic E-state index is 12.5. The van der Waals surface area contributed by atoms with Crippen LogP contribution in [-0.4, -0.2) is 47.4 Å². The summed E-state index contributed by atoms with van der Waals surface area (Å²) in [6.45, 7) is 5.00. The van der Waals surface area contributed by atoms with Gasteiger partial charge in [0.2, 0.25) is 5.91 Å². The molecular weight excluding hydrogens is 1070 g/mol. The molecule has 0 aliphatic carbocycles. The van der Waals surface area contributed by atoms with Crippen LogP contribution in [0.3, 0.4) is 0 Å². The van der Waals surface area contributed by atoms with Gasteiger partial charge < -0.3 is 20.3 Å². The van der Waals surface area contributed by atoms with Crippen molar-refractivity contribution in [1.29, 1.82) is 0 Å². The van der Waals surface area contributed by atoms with Crippen LogP contribution in [0.25, 0.3) is 0 Å². The molecule has 0 rings (SSSR count). The summed E-state index contributed by atoms with van der Waals surface area (Å²) >= 11 is 0. The van der Waals surface area contributed by atoms with Crippen molar-refractivity contribution in [2.75, 3.05) is 13.2 Å². The Morgan fingerprint density at radius 1 is 0.310 bits per heavy atom. The molecule has 1 amide bonds. The highest BCUT2D eigenvalue weighted by Gasteiger charge is 2.20. The second kappa shape index (κ2) is 77.1. The van der Waals surface area contributed by atoms with Crippen molar-refractivity contribution in [1.82, 2.24) is 5.32 Å². The fourth-order valence-corrected chi connectivity index (χ4v) is 13.2. The highest BCUT2D eigenvalue weighted by Crippen LogP contribution is 2.20. The van der Waals surface area contributed by atoms with Gasteiger partial charge in [0.25, 0.3) is 0 Å². The van der Waals surface area contributed by atoms with E-state index in [1.807, 2.05) is 0 Å². The minimum atomic E-state index is -0.659. The maximum Gasteiger partial charge on any atom is 0.305 e. The van der Waals surface area contributed by atoms with Gasteiger partial charge in [0.15, 0.2) is 0 Å². The number of nitrogens with one attached hydrogen (secondary N) is 1. The molecule has 6 heteroatoms. The molecule has 0 aromatic heterocycles. The molecule has 2 unspecified atom stereocenters. The first kappa shape index (κ1) is 85.6. The zero-order chi connectivity index (χ0) is 62.8. The number of carbonyl (C=O) groups excluding carboxylic acids is 2. The van der Waals surface area contributed by atoms with E-state index in [0.29, 0.717) is 25.9 Å². The summed E-state index contributed by atoms with van der Waals surface area (Å²) in [4.78, 5) is 24.6. The van der Waals surface area contributed by atoms with Crippen LogP contribution in [0.2, 0.25) is 0 Å². The van der Waals surface area contributed by atoms with Gasteiger partial charge in [0.05, 0.1) is 25.4 Å². The van der Waals surface area contributed by atoms with Gasteiger partial charge in [-0.2, -0.15) is 0 Å². The zero-order valence-electron chi connectivity index (χ0n) is 59.5. The van der Waals surface area contributed by atoms with Crippen LogP contribution in [0, 0.1) is 0 Å². The Bertz CT molecular complexity index is 1320. The molecular formula is C81H159NO5. The molecule has 6 nitrogen and oxygen atoms in total. The second-order valence-electron chi connectivity index (χ2n) is 28.1. The first-order valence-corrected chi connectivity index (χ1v) is 40.4. The Labute approximate surface area is 546 Å². The maximum absolute atomic E-state index is 12.5. The number of aliphatic hydroxyl groups is 2. The molecule has 87 heavy (non-hydrogen) atoms. The summed E-state index contributed by atoms with van der Waals surface area (Å²) < 4.78 is 5.52. The average molecular weight is 1230 g/mol. The number of rotatable bonds is 77. The van der Waals surface area contributed by atoms with Crippen LogP contribution < -0.4 is 5.32 Å². The molecule has 3 N–H and O–H groups in total. The minimum absolute atomic E-state index is 0.0242. The summed E-state index contributed by atoms with van der Waals surface area (Å²) in [5.41, 5.74) is 0. The molecule has 0 bridgehead atoms. The number of amides is 1. The van der Waals surface area contributed by atoms with Gasteiger partial charge in [-0.3, -0.25) is 9.59 Å². The molecule has 0 aliphatic rings. The van der Waals surface area contributed by atoms with Gasteiger partial charge in [-0.05, 0) is 51.4 Å². The van der Waals surface area contributed by atoms with E-state index in [-0.39, 0.29) is 18.5 Å². The Balaban J connectivity index is 3.27. The molecule has 0 aliphatic heterocycles. The van der Waals surface area contributed by atoms with E-state index in [4.69, 9.17) is 4.74 Å². The number of hydrogen-bond acceptors (Lipinski definition) is 5. The summed E-state index contributed by atoms with van der Waals surface area (Å²) in [6.07, 6.45) is 97.5. The lowest BCUT2D eigenvalue weighted by Gasteiger charge is -2.22. The third-order valence-electron chi connectivity index (χ3n) is 19.3. The summed E-state index contributed by atoms with van der Waals surface area (Å²) in [5, 5.41) is 23.3. The van der Waals surface area contributed by atoms with Crippen molar-refractivity contribution in [3.63, 3.8) is 0 Å². The molecule has 0 saturated carbocycles.